The second-order valence-electron chi connectivity index (χ2n) is 7.72. The van der Waals surface area contributed by atoms with Crippen LogP contribution in [0.2, 0.25) is 0 Å². The van der Waals surface area contributed by atoms with Crippen molar-refractivity contribution < 1.29 is 23.1 Å². The molecule has 0 unspecified atom stereocenters. The summed E-state index contributed by atoms with van der Waals surface area (Å²) in [6.45, 7) is 5.21. The molecule has 0 spiro atoms. The molecule has 4 rings (SSSR count). The van der Waals surface area contributed by atoms with E-state index in [1.54, 1.807) is 7.05 Å². The Hall–Kier alpha value is -3.87. The number of aromatic nitrogens is 4. The quantitative estimate of drug-likeness (QED) is 0.567. The van der Waals surface area contributed by atoms with E-state index < -0.39 is 12.1 Å². The standard InChI is InChI=1S/C20H24N6O2.C2HF3O2/c1-4-7-14-8-5-6-9-15(14)26-16-17(23(2)20(28)24(3)18(16)27)22-19(26)25-12-10-21-11-13-25;3-2(4,5)1(6)7/h4-9,21H,10-13H2,1-3H3;(H,6,7)/b7-4-;. The first-order chi connectivity index (χ1) is 16.5. The number of benzene rings is 1. The lowest BCUT2D eigenvalue weighted by atomic mass is 10.1. The topological polar surface area (TPSA) is 114 Å². The maximum atomic E-state index is 13.1. The van der Waals surface area contributed by atoms with Gasteiger partial charge in [-0.05, 0) is 18.6 Å². The number of anilines is 1. The van der Waals surface area contributed by atoms with Crippen molar-refractivity contribution in [1.29, 1.82) is 0 Å². The van der Waals surface area contributed by atoms with Crippen LogP contribution in [0.4, 0.5) is 19.1 Å². The van der Waals surface area contributed by atoms with Gasteiger partial charge in [0.25, 0.3) is 5.56 Å². The lowest BCUT2D eigenvalue weighted by molar-refractivity contribution is -0.192. The number of carboxylic acids is 1. The van der Waals surface area contributed by atoms with E-state index >= 15 is 0 Å². The van der Waals surface area contributed by atoms with Crippen molar-refractivity contribution in [2.45, 2.75) is 13.1 Å². The predicted octanol–water partition coefficient (Wildman–Crippen LogP) is 1.50. The van der Waals surface area contributed by atoms with Crippen LogP contribution in [0.5, 0.6) is 0 Å². The summed E-state index contributed by atoms with van der Waals surface area (Å²) in [6.07, 6.45) is -1.11. The number of piperazine rings is 1. The van der Waals surface area contributed by atoms with Gasteiger partial charge in [0.05, 0.1) is 5.69 Å². The maximum Gasteiger partial charge on any atom is 0.490 e. The van der Waals surface area contributed by atoms with Gasteiger partial charge in [-0.25, -0.2) is 9.59 Å². The monoisotopic (exact) mass is 494 g/mol. The molecule has 1 saturated heterocycles. The Balaban J connectivity index is 0.000000429. The van der Waals surface area contributed by atoms with Crippen LogP contribution >= 0.6 is 0 Å². The third kappa shape index (κ3) is 5.14. The highest BCUT2D eigenvalue weighted by Gasteiger charge is 2.38. The second kappa shape index (κ2) is 10.2. The Kier molecular flexibility index (Phi) is 7.48. The highest BCUT2D eigenvalue weighted by molar-refractivity contribution is 5.79. The molecule has 3 aromatic rings. The van der Waals surface area contributed by atoms with Crippen LogP contribution in [0.1, 0.15) is 12.5 Å². The van der Waals surface area contributed by atoms with Crippen molar-refractivity contribution in [3.8, 4) is 5.69 Å². The molecule has 0 bridgehead atoms. The summed E-state index contributed by atoms with van der Waals surface area (Å²) in [4.78, 5) is 41.4. The zero-order valence-corrected chi connectivity index (χ0v) is 19.3. The van der Waals surface area contributed by atoms with Crippen LogP contribution in [0, 0.1) is 0 Å². The number of alkyl halides is 3. The number of para-hydroxylation sites is 1. The van der Waals surface area contributed by atoms with Crippen molar-refractivity contribution in [3.63, 3.8) is 0 Å². The predicted molar refractivity (Wildman–Crippen MR) is 125 cm³/mol. The fraction of sp³-hybridized carbons (Fsp3) is 0.364. The number of nitrogens with one attached hydrogen (secondary N) is 1. The number of fused-ring (bicyclic) bond motifs is 1. The Morgan fingerprint density at radius 2 is 1.71 bits per heavy atom. The van der Waals surface area contributed by atoms with Crippen molar-refractivity contribution in [1.82, 2.24) is 24.0 Å². The minimum Gasteiger partial charge on any atom is -0.475 e. The molecule has 1 aliphatic rings. The molecule has 0 aliphatic carbocycles. The van der Waals surface area contributed by atoms with E-state index in [0.717, 1.165) is 42.0 Å². The fourth-order valence-electron chi connectivity index (χ4n) is 3.70. The average molecular weight is 494 g/mol. The van der Waals surface area contributed by atoms with Gasteiger partial charge in [0.15, 0.2) is 11.2 Å². The summed E-state index contributed by atoms with van der Waals surface area (Å²) in [6, 6.07) is 7.90. The molecule has 3 heterocycles. The summed E-state index contributed by atoms with van der Waals surface area (Å²) in [5.41, 5.74) is 1.94. The van der Waals surface area contributed by atoms with Gasteiger partial charge in [-0.1, -0.05) is 30.4 Å². The van der Waals surface area contributed by atoms with Gasteiger partial charge in [-0.15, -0.1) is 0 Å². The largest absolute Gasteiger partial charge is 0.490 e. The van der Waals surface area contributed by atoms with E-state index in [4.69, 9.17) is 14.9 Å². The van der Waals surface area contributed by atoms with Crippen LogP contribution in [-0.2, 0) is 18.9 Å². The van der Waals surface area contributed by atoms with Gasteiger partial charge in [0.1, 0.15) is 0 Å². The summed E-state index contributed by atoms with van der Waals surface area (Å²) < 4.78 is 36.2. The SMILES string of the molecule is C/C=C\c1ccccc1-n1c(N2CCNCC2)nc2c1c(=O)n(C)c(=O)n2C.O=C(O)C(F)(F)F. The minimum atomic E-state index is -5.08. The second-order valence-corrected chi connectivity index (χ2v) is 7.72. The molecule has 0 radical (unpaired) electrons. The Labute approximate surface area is 197 Å². The molecule has 1 fully saturated rings. The minimum absolute atomic E-state index is 0.345. The van der Waals surface area contributed by atoms with E-state index in [9.17, 15) is 22.8 Å². The van der Waals surface area contributed by atoms with E-state index in [1.165, 1.54) is 11.6 Å². The van der Waals surface area contributed by atoms with E-state index in [-0.39, 0.29) is 11.2 Å². The van der Waals surface area contributed by atoms with Crippen LogP contribution < -0.4 is 21.5 Å². The Bertz CT molecular complexity index is 1380. The summed E-state index contributed by atoms with van der Waals surface area (Å²) in [7, 11) is 3.16. The first-order valence-electron chi connectivity index (χ1n) is 10.6. The number of allylic oxidation sites excluding steroid dienone is 1. The molecule has 188 valence electrons. The number of hydrogen-bond donors (Lipinski definition) is 2. The number of nitrogens with zero attached hydrogens (tertiary/aromatic N) is 5. The average Bonchev–Trinajstić information content (AvgIpc) is 3.23. The molecule has 10 nitrogen and oxygen atoms in total. The highest BCUT2D eigenvalue weighted by Crippen LogP contribution is 2.27. The highest BCUT2D eigenvalue weighted by atomic mass is 19.4. The van der Waals surface area contributed by atoms with Crippen molar-refractivity contribution in [3.05, 3.63) is 56.7 Å². The first-order valence-corrected chi connectivity index (χ1v) is 10.6. The number of carbonyl (C=O) groups is 1. The number of carboxylic acid groups (broad SMARTS) is 1. The van der Waals surface area contributed by atoms with Gasteiger partial charge < -0.3 is 15.3 Å². The number of imidazole rings is 1. The molecule has 0 atom stereocenters. The van der Waals surface area contributed by atoms with Gasteiger partial charge >= 0.3 is 17.8 Å². The van der Waals surface area contributed by atoms with Crippen molar-refractivity contribution in [2.24, 2.45) is 14.1 Å². The summed E-state index contributed by atoms with van der Waals surface area (Å²) in [5.74, 6) is -2.07. The van der Waals surface area contributed by atoms with Crippen LogP contribution in [0.15, 0.2) is 39.9 Å². The maximum absolute atomic E-state index is 13.1. The molecule has 2 N–H and O–H groups in total. The summed E-state index contributed by atoms with van der Waals surface area (Å²) >= 11 is 0. The van der Waals surface area contributed by atoms with Crippen LogP contribution in [0.3, 0.4) is 0 Å². The number of aryl methyl sites for hydroxylation is 1. The zero-order chi connectivity index (χ0) is 25.9. The number of aliphatic carboxylic acids is 1. The van der Waals surface area contributed by atoms with E-state index in [1.807, 2.05) is 47.9 Å². The number of rotatable bonds is 3. The van der Waals surface area contributed by atoms with E-state index in [0.29, 0.717) is 17.1 Å². The molecule has 0 amide bonds. The Morgan fingerprint density at radius 1 is 1.11 bits per heavy atom. The molecular formula is C22H25F3N6O4. The van der Waals surface area contributed by atoms with Gasteiger partial charge in [0.2, 0.25) is 5.95 Å². The summed E-state index contributed by atoms with van der Waals surface area (Å²) in [5, 5.41) is 10.5. The third-order valence-electron chi connectivity index (χ3n) is 5.41. The molecule has 1 aromatic carbocycles. The van der Waals surface area contributed by atoms with Gasteiger partial charge in [0, 0.05) is 40.3 Å². The smallest absolute Gasteiger partial charge is 0.475 e. The lowest BCUT2D eigenvalue weighted by Gasteiger charge is -2.29. The number of halogens is 3. The third-order valence-corrected chi connectivity index (χ3v) is 5.41. The molecule has 0 saturated carbocycles. The Morgan fingerprint density at radius 3 is 2.29 bits per heavy atom. The normalized spacial score (nSPS) is 14.3. The van der Waals surface area contributed by atoms with Crippen molar-refractivity contribution >= 4 is 29.2 Å². The molecule has 2 aromatic heterocycles. The van der Waals surface area contributed by atoms with Crippen LogP contribution in [0.25, 0.3) is 22.9 Å². The fourth-order valence-corrected chi connectivity index (χ4v) is 3.70. The van der Waals surface area contributed by atoms with Gasteiger partial charge in [-0.2, -0.15) is 18.2 Å². The molecule has 35 heavy (non-hydrogen) atoms. The first kappa shape index (κ1) is 25.7. The molecule has 1 aliphatic heterocycles. The molecule has 13 heteroatoms. The van der Waals surface area contributed by atoms with E-state index in [2.05, 4.69) is 10.2 Å². The zero-order valence-electron chi connectivity index (χ0n) is 19.3. The number of hydrogen-bond acceptors (Lipinski definition) is 6. The molecular weight excluding hydrogens is 469 g/mol. The lowest BCUT2D eigenvalue weighted by Crippen LogP contribution is -2.44. The van der Waals surface area contributed by atoms with Gasteiger partial charge in [-0.3, -0.25) is 18.5 Å². The van der Waals surface area contributed by atoms with Crippen molar-refractivity contribution in [2.75, 3.05) is 31.1 Å². The van der Waals surface area contributed by atoms with Crippen LogP contribution in [-0.4, -0.2) is 62.1 Å².